The minimum Gasteiger partial charge on any atom is -0.487 e. The molecule has 0 aliphatic carbocycles. The van der Waals surface area contributed by atoms with E-state index in [4.69, 9.17) is 10.5 Å². The van der Waals surface area contributed by atoms with Crippen LogP contribution in [0.5, 0.6) is 5.75 Å². The summed E-state index contributed by atoms with van der Waals surface area (Å²) in [6.07, 6.45) is 0. The molecule has 1 heterocycles. The molecule has 2 aromatic rings. The number of hydrogen-bond acceptors (Lipinski definition) is 5. The quantitative estimate of drug-likeness (QED) is 0.511. The number of rotatable bonds is 4. The fraction of sp³-hybridized carbons (Fsp3) is 0.143. The molecule has 0 aliphatic heterocycles. The molecular formula is C14H11BrN2O3S. The van der Waals surface area contributed by atoms with Gasteiger partial charge in [0.15, 0.2) is 0 Å². The van der Waals surface area contributed by atoms with E-state index >= 15 is 0 Å². The van der Waals surface area contributed by atoms with Crippen LogP contribution < -0.4 is 10.5 Å². The Morgan fingerprint density at radius 1 is 1.38 bits per heavy atom. The topological polar surface area (TPSA) is 78.4 Å². The first kappa shape index (κ1) is 15.5. The molecule has 0 saturated heterocycles. The third-order valence-electron chi connectivity index (χ3n) is 2.48. The molecule has 7 heteroatoms. The Hall–Kier alpha value is -1.88. The van der Waals surface area contributed by atoms with E-state index in [0.717, 1.165) is 9.75 Å². The fourth-order valence-corrected chi connectivity index (χ4v) is 2.88. The zero-order valence-electron chi connectivity index (χ0n) is 10.8. The van der Waals surface area contributed by atoms with Gasteiger partial charge in [-0.15, -0.1) is 11.3 Å². The summed E-state index contributed by atoms with van der Waals surface area (Å²) in [4.78, 5) is 12.3. The van der Waals surface area contributed by atoms with Gasteiger partial charge in [-0.3, -0.25) is 10.1 Å². The Labute approximate surface area is 134 Å². The standard InChI is InChI=1S/C14H11BrN2O3S/c15-14-12(17(18)19)4-1-5-13(14)20-9-11-7-6-10(21-11)3-2-8-16/h1,4-7H,8-9,16H2. The van der Waals surface area contributed by atoms with Crippen molar-refractivity contribution in [1.29, 1.82) is 0 Å². The van der Waals surface area contributed by atoms with Crippen molar-refractivity contribution in [2.75, 3.05) is 6.54 Å². The maximum absolute atomic E-state index is 10.8. The molecule has 0 fully saturated rings. The number of thiophene rings is 1. The van der Waals surface area contributed by atoms with E-state index in [0.29, 0.717) is 23.4 Å². The highest BCUT2D eigenvalue weighted by atomic mass is 79.9. The van der Waals surface area contributed by atoms with Crippen molar-refractivity contribution in [3.63, 3.8) is 0 Å². The molecule has 0 radical (unpaired) electrons. The van der Waals surface area contributed by atoms with Crippen LogP contribution in [0.25, 0.3) is 0 Å². The molecule has 0 unspecified atom stereocenters. The third-order valence-corrected chi connectivity index (χ3v) is 4.26. The highest BCUT2D eigenvalue weighted by Gasteiger charge is 2.15. The van der Waals surface area contributed by atoms with Crippen LogP contribution in [0, 0.1) is 22.0 Å². The predicted molar refractivity (Wildman–Crippen MR) is 85.4 cm³/mol. The molecular weight excluding hydrogens is 356 g/mol. The lowest BCUT2D eigenvalue weighted by Crippen LogP contribution is -1.96. The Morgan fingerprint density at radius 2 is 2.19 bits per heavy atom. The number of nitro groups is 1. The van der Waals surface area contributed by atoms with Crippen LogP contribution in [0.4, 0.5) is 5.69 Å². The van der Waals surface area contributed by atoms with Gasteiger partial charge in [-0.2, -0.15) is 0 Å². The molecule has 21 heavy (non-hydrogen) atoms. The third kappa shape index (κ3) is 4.04. The number of benzene rings is 1. The second kappa shape index (κ2) is 7.22. The van der Waals surface area contributed by atoms with Gasteiger partial charge >= 0.3 is 0 Å². The van der Waals surface area contributed by atoms with Crippen molar-refractivity contribution in [2.24, 2.45) is 5.73 Å². The summed E-state index contributed by atoms with van der Waals surface area (Å²) in [6, 6.07) is 8.50. The lowest BCUT2D eigenvalue weighted by atomic mass is 10.3. The van der Waals surface area contributed by atoms with E-state index in [-0.39, 0.29) is 5.69 Å². The molecule has 2 rings (SSSR count). The predicted octanol–water partition coefficient (Wildman–Crippen LogP) is 3.31. The van der Waals surface area contributed by atoms with Crippen molar-refractivity contribution in [2.45, 2.75) is 6.61 Å². The first-order chi connectivity index (χ1) is 10.1. The largest absolute Gasteiger partial charge is 0.487 e. The van der Waals surface area contributed by atoms with Crippen LogP contribution in [0.15, 0.2) is 34.8 Å². The molecule has 5 nitrogen and oxygen atoms in total. The summed E-state index contributed by atoms with van der Waals surface area (Å²) in [7, 11) is 0. The van der Waals surface area contributed by atoms with Gasteiger partial charge in [0, 0.05) is 10.9 Å². The summed E-state index contributed by atoms with van der Waals surface area (Å²) >= 11 is 4.70. The van der Waals surface area contributed by atoms with Crippen LogP contribution in [0.3, 0.4) is 0 Å². The first-order valence-electron chi connectivity index (χ1n) is 5.95. The molecule has 0 bridgehead atoms. The summed E-state index contributed by atoms with van der Waals surface area (Å²) < 4.78 is 5.96. The van der Waals surface area contributed by atoms with E-state index in [9.17, 15) is 10.1 Å². The lowest BCUT2D eigenvalue weighted by Gasteiger charge is -2.06. The molecule has 0 saturated carbocycles. The smallest absolute Gasteiger partial charge is 0.287 e. The Morgan fingerprint density at radius 3 is 2.90 bits per heavy atom. The van der Waals surface area contributed by atoms with E-state index in [1.54, 1.807) is 12.1 Å². The first-order valence-corrected chi connectivity index (χ1v) is 7.56. The highest BCUT2D eigenvalue weighted by Crippen LogP contribution is 2.34. The molecule has 0 aliphatic rings. The number of nitro benzene ring substituents is 1. The van der Waals surface area contributed by atoms with E-state index < -0.39 is 4.92 Å². The maximum Gasteiger partial charge on any atom is 0.287 e. The maximum atomic E-state index is 10.8. The Bertz CT molecular complexity index is 718. The van der Waals surface area contributed by atoms with Crippen molar-refractivity contribution in [3.8, 4) is 17.6 Å². The summed E-state index contributed by atoms with van der Waals surface area (Å²) in [5.74, 6) is 6.17. The Kier molecular flexibility index (Phi) is 5.33. The van der Waals surface area contributed by atoms with Crippen LogP contribution in [-0.4, -0.2) is 11.5 Å². The zero-order valence-corrected chi connectivity index (χ0v) is 13.2. The summed E-state index contributed by atoms with van der Waals surface area (Å²) in [5.41, 5.74) is 5.30. The van der Waals surface area contributed by atoms with Gasteiger partial charge < -0.3 is 10.5 Å². The van der Waals surface area contributed by atoms with Gasteiger partial charge in [0.25, 0.3) is 5.69 Å². The van der Waals surface area contributed by atoms with Gasteiger partial charge in [-0.05, 0) is 34.1 Å². The monoisotopic (exact) mass is 366 g/mol. The van der Waals surface area contributed by atoms with E-state index in [1.165, 1.54) is 17.4 Å². The minimum absolute atomic E-state index is 0.0202. The molecule has 108 valence electrons. The van der Waals surface area contributed by atoms with Gasteiger partial charge in [-0.1, -0.05) is 17.9 Å². The molecule has 0 spiro atoms. The molecule has 2 N–H and O–H groups in total. The normalized spacial score (nSPS) is 9.81. The summed E-state index contributed by atoms with van der Waals surface area (Å²) in [5, 5.41) is 10.8. The van der Waals surface area contributed by atoms with E-state index in [2.05, 4.69) is 27.8 Å². The van der Waals surface area contributed by atoms with E-state index in [1.807, 2.05) is 12.1 Å². The SMILES string of the molecule is NCC#Cc1ccc(COc2cccc([N+](=O)[O-])c2Br)s1. The van der Waals surface area contributed by atoms with Crippen molar-refractivity contribution in [3.05, 3.63) is 54.7 Å². The van der Waals surface area contributed by atoms with Gasteiger partial charge in [0.05, 0.1) is 16.3 Å². The van der Waals surface area contributed by atoms with Crippen LogP contribution in [0.1, 0.15) is 9.75 Å². The van der Waals surface area contributed by atoms with Crippen LogP contribution in [0.2, 0.25) is 0 Å². The molecule has 1 aromatic carbocycles. The minimum atomic E-state index is -0.456. The number of ether oxygens (including phenoxy) is 1. The average Bonchev–Trinajstić information content (AvgIpc) is 2.91. The fourth-order valence-electron chi connectivity index (χ4n) is 1.56. The number of nitrogens with zero attached hydrogens (tertiary/aromatic N) is 1. The second-order valence-corrected chi connectivity index (χ2v) is 5.87. The number of nitrogens with two attached hydrogens (primary N) is 1. The van der Waals surface area contributed by atoms with Crippen molar-refractivity contribution < 1.29 is 9.66 Å². The number of halogens is 1. The zero-order chi connectivity index (χ0) is 15.2. The molecule has 0 atom stereocenters. The highest BCUT2D eigenvalue weighted by molar-refractivity contribution is 9.10. The van der Waals surface area contributed by atoms with Gasteiger partial charge in [-0.25, -0.2) is 0 Å². The van der Waals surface area contributed by atoms with Crippen molar-refractivity contribution >= 4 is 33.0 Å². The average molecular weight is 367 g/mol. The second-order valence-electron chi connectivity index (χ2n) is 3.91. The Balaban J connectivity index is 2.08. The number of hydrogen-bond donors (Lipinski definition) is 1. The van der Waals surface area contributed by atoms with Gasteiger partial charge in [0.1, 0.15) is 16.8 Å². The van der Waals surface area contributed by atoms with Crippen LogP contribution in [-0.2, 0) is 6.61 Å². The lowest BCUT2D eigenvalue weighted by molar-refractivity contribution is -0.385. The molecule has 1 aromatic heterocycles. The van der Waals surface area contributed by atoms with Crippen LogP contribution >= 0.6 is 27.3 Å². The summed E-state index contributed by atoms with van der Waals surface area (Å²) in [6.45, 7) is 0.652. The van der Waals surface area contributed by atoms with Gasteiger partial charge in [0.2, 0.25) is 0 Å². The van der Waals surface area contributed by atoms with Crippen molar-refractivity contribution in [1.82, 2.24) is 0 Å². The molecule has 0 amide bonds.